The highest BCUT2D eigenvalue weighted by molar-refractivity contribution is 8.09. The summed E-state index contributed by atoms with van der Waals surface area (Å²) in [6.45, 7) is 5.11. The van der Waals surface area contributed by atoms with Gasteiger partial charge < -0.3 is 4.98 Å². The standard InChI is InChI=1S/C22H21F2N4S/c1-14-27(13-18(29-14)15-7-4-3-5-8-15)28-12-6-11-22(28,2)21-25-17-10-9-16(23)19(24)20(17)26-21/h3-5,7-10,14H,6,11-12H2,1-2H3,(H,25,26)/t14?,22-/m0/s1. The lowest BCUT2D eigenvalue weighted by molar-refractivity contribution is -0.0558. The molecule has 0 amide bonds. The monoisotopic (exact) mass is 411 g/mol. The molecule has 2 aliphatic heterocycles. The van der Waals surface area contributed by atoms with Gasteiger partial charge in [0.05, 0.1) is 22.6 Å². The van der Waals surface area contributed by atoms with Crippen molar-refractivity contribution in [3.8, 4) is 0 Å². The van der Waals surface area contributed by atoms with Crippen molar-refractivity contribution in [1.29, 1.82) is 0 Å². The van der Waals surface area contributed by atoms with Crippen LogP contribution in [0, 0.1) is 17.8 Å². The minimum absolute atomic E-state index is 0.0569. The second-order valence-electron chi connectivity index (χ2n) is 7.71. The molecule has 1 unspecified atom stereocenters. The molecule has 1 saturated heterocycles. The molecule has 1 N–H and O–H groups in total. The molecule has 7 heteroatoms. The molecule has 29 heavy (non-hydrogen) atoms. The van der Waals surface area contributed by atoms with Gasteiger partial charge in [-0.05, 0) is 44.4 Å². The molecule has 5 rings (SSSR count). The van der Waals surface area contributed by atoms with Gasteiger partial charge in [-0.3, -0.25) is 5.01 Å². The number of hydrogen-bond acceptors (Lipinski definition) is 4. The molecule has 3 heterocycles. The predicted molar refractivity (Wildman–Crippen MR) is 111 cm³/mol. The van der Waals surface area contributed by atoms with Crippen molar-refractivity contribution < 1.29 is 8.78 Å². The molecule has 1 aromatic heterocycles. The number of benzene rings is 2. The lowest BCUT2D eigenvalue weighted by atomic mass is 9.99. The van der Waals surface area contributed by atoms with E-state index in [0.29, 0.717) is 11.3 Å². The largest absolute Gasteiger partial charge is 0.340 e. The van der Waals surface area contributed by atoms with E-state index in [4.69, 9.17) is 0 Å². The van der Waals surface area contributed by atoms with Crippen LogP contribution in [0.15, 0.2) is 42.5 Å². The topological polar surface area (TPSA) is 35.2 Å². The van der Waals surface area contributed by atoms with Crippen LogP contribution < -0.4 is 0 Å². The second kappa shape index (κ2) is 6.85. The number of aromatic amines is 1. The molecule has 2 atom stereocenters. The third-order valence-corrected chi connectivity index (χ3v) is 6.91. The van der Waals surface area contributed by atoms with E-state index in [-0.39, 0.29) is 10.9 Å². The number of hydrazine groups is 1. The molecule has 2 aliphatic rings. The van der Waals surface area contributed by atoms with Gasteiger partial charge in [-0.2, -0.15) is 0 Å². The Morgan fingerprint density at radius 3 is 2.79 bits per heavy atom. The molecule has 0 saturated carbocycles. The summed E-state index contributed by atoms with van der Waals surface area (Å²) in [5, 5.41) is 4.58. The highest BCUT2D eigenvalue weighted by Crippen LogP contribution is 2.46. The van der Waals surface area contributed by atoms with Gasteiger partial charge in [0.15, 0.2) is 11.6 Å². The average Bonchev–Trinajstić information content (AvgIpc) is 3.43. The molecule has 0 bridgehead atoms. The minimum Gasteiger partial charge on any atom is -0.340 e. The first-order chi connectivity index (χ1) is 14.0. The van der Waals surface area contributed by atoms with E-state index in [0.717, 1.165) is 35.9 Å². The zero-order chi connectivity index (χ0) is 20.2. The van der Waals surface area contributed by atoms with Gasteiger partial charge in [-0.25, -0.2) is 18.8 Å². The predicted octanol–water partition coefficient (Wildman–Crippen LogP) is 5.26. The summed E-state index contributed by atoms with van der Waals surface area (Å²) in [5.41, 5.74) is 1.27. The maximum Gasteiger partial charge on any atom is 0.186 e. The Labute approximate surface area is 172 Å². The number of nitrogens with zero attached hydrogens (tertiary/aromatic N) is 3. The molecule has 149 valence electrons. The number of nitrogens with one attached hydrogen (secondary N) is 1. The summed E-state index contributed by atoms with van der Waals surface area (Å²) in [6, 6.07) is 12.9. The van der Waals surface area contributed by atoms with Crippen molar-refractivity contribution >= 4 is 27.7 Å². The van der Waals surface area contributed by atoms with Crippen LogP contribution in [-0.4, -0.2) is 31.9 Å². The molecular formula is C22H21F2N4S. The van der Waals surface area contributed by atoms with E-state index in [1.165, 1.54) is 0 Å². The van der Waals surface area contributed by atoms with Crippen molar-refractivity contribution in [2.24, 2.45) is 0 Å². The first kappa shape index (κ1) is 18.6. The zero-order valence-electron chi connectivity index (χ0n) is 16.2. The number of rotatable bonds is 3. The van der Waals surface area contributed by atoms with E-state index in [1.807, 2.05) is 18.2 Å². The number of imidazole rings is 1. The fourth-order valence-electron chi connectivity index (χ4n) is 4.23. The van der Waals surface area contributed by atoms with Crippen molar-refractivity contribution in [2.75, 3.05) is 6.54 Å². The first-order valence-corrected chi connectivity index (χ1v) is 10.6. The Bertz CT molecular complexity index is 1100. The highest BCUT2D eigenvalue weighted by atomic mass is 32.2. The number of fused-ring (bicyclic) bond motifs is 1. The Kier molecular flexibility index (Phi) is 4.40. The van der Waals surface area contributed by atoms with Gasteiger partial charge in [-0.15, -0.1) is 0 Å². The van der Waals surface area contributed by atoms with Crippen LogP contribution in [-0.2, 0) is 5.54 Å². The summed E-state index contributed by atoms with van der Waals surface area (Å²) in [7, 11) is 0. The lowest BCUT2D eigenvalue weighted by Gasteiger charge is -2.41. The summed E-state index contributed by atoms with van der Waals surface area (Å²) in [6.07, 6.45) is 5.40. The molecule has 0 aliphatic carbocycles. The quantitative estimate of drug-likeness (QED) is 0.637. The number of aromatic nitrogens is 2. The molecule has 3 aromatic rings. The van der Waals surface area contributed by atoms with Crippen LogP contribution in [0.5, 0.6) is 0 Å². The summed E-state index contributed by atoms with van der Waals surface area (Å²) < 4.78 is 27.9. The first-order valence-electron chi connectivity index (χ1n) is 9.74. The number of H-pyrrole nitrogens is 1. The zero-order valence-corrected chi connectivity index (χ0v) is 17.1. The third-order valence-electron chi connectivity index (χ3n) is 5.80. The Morgan fingerprint density at radius 1 is 1.21 bits per heavy atom. The number of hydrogen-bond donors (Lipinski definition) is 1. The van der Waals surface area contributed by atoms with Crippen LogP contribution in [0.3, 0.4) is 0 Å². The second-order valence-corrected chi connectivity index (χ2v) is 9.04. The van der Waals surface area contributed by atoms with Gasteiger partial charge in [-0.1, -0.05) is 42.1 Å². The number of thioether (sulfide) groups is 1. The van der Waals surface area contributed by atoms with E-state index in [2.05, 4.69) is 52.2 Å². The molecular weight excluding hydrogens is 390 g/mol. The summed E-state index contributed by atoms with van der Waals surface area (Å²) in [5.74, 6) is -1.12. The van der Waals surface area contributed by atoms with Gasteiger partial charge in [0.25, 0.3) is 0 Å². The van der Waals surface area contributed by atoms with E-state index in [1.54, 1.807) is 17.8 Å². The van der Waals surface area contributed by atoms with Crippen molar-refractivity contribution in [3.63, 3.8) is 0 Å². The molecule has 4 nitrogen and oxygen atoms in total. The van der Waals surface area contributed by atoms with Crippen LogP contribution in [0.2, 0.25) is 0 Å². The van der Waals surface area contributed by atoms with E-state index in [9.17, 15) is 8.78 Å². The SMILES string of the molecule is CC1SC(c2ccccc2)=[C]N1N1CCC[C@@]1(C)c1nc2c(F)c(F)ccc2[nH]1. The van der Waals surface area contributed by atoms with Crippen molar-refractivity contribution in [3.05, 3.63) is 71.7 Å². The van der Waals surface area contributed by atoms with Crippen LogP contribution in [0.25, 0.3) is 15.9 Å². The van der Waals surface area contributed by atoms with Crippen LogP contribution in [0.1, 0.15) is 38.1 Å². The van der Waals surface area contributed by atoms with Crippen molar-refractivity contribution in [2.45, 2.75) is 37.6 Å². The van der Waals surface area contributed by atoms with Gasteiger partial charge in [0.2, 0.25) is 0 Å². The maximum absolute atomic E-state index is 14.2. The van der Waals surface area contributed by atoms with Gasteiger partial charge in [0, 0.05) is 11.4 Å². The van der Waals surface area contributed by atoms with Crippen molar-refractivity contribution in [1.82, 2.24) is 20.0 Å². The van der Waals surface area contributed by atoms with E-state index < -0.39 is 17.2 Å². The Hall–Kier alpha value is -2.38. The summed E-state index contributed by atoms with van der Waals surface area (Å²) >= 11 is 1.77. The molecule has 2 aromatic carbocycles. The smallest absolute Gasteiger partial charge is 0.186 e. The highest BCUT2D eigenvalue weighted by Gasteiger charge is 2.46. The normalized spacial score (nSPS) is 25.2. The number of halogens is 2. The fourth-order valence-corrected chi connectivity index (χ4v) is 5.25. The average molecular weight is 412 g/mol. The molecule has 1 radical (unpaired) electrons. The summed E-state index contributed by atoms with van der Waals surface area (Å²) in [4.78, 5) is 8.80. The van der Waals surface area contributed by atoms with E-state index >= 15 is 0 Å². The van der Waals surface area contributed by atoms with Gasteiger partial charge in [0.1, 0.15) is 11.3 Å². The lowest BCUT2D eigenvalue weighted by Crippen LogP contribution is -2.50. The Balaban J connectivity index is 1.53. The third kappa shape index (κ3) is 2.95. The maximum atomic E-state index is 14.2. The van der Waals surface area contributed by atoms with Gasteiger partial charge >= 0.3 is 0 Å². The minimum atomic E-state index is -0.902. The molecule has 0 spiro atoms. The van der Waals surface area contributed by atoms with Crippen LogP contribution in [0.4, 0.5) is 8.78 Å². The fraction of sp³-hybridized carbons (Fsp3) is 0.318. The Morgan fingerprint density at radius 2 is 2.00 bits per heavy atom. The molecule has 1 fully saturated rings. The van der Waals surface area contributed by atoms with Crippen LogP contribution >= 0.6 is 11.8 Å².